The minimum Gasteiger partial charge on any atom is -0.480 e. The van der Waals surface area contributed by atoms with Crippen LogP contribution in [0.3, 0.4) is 0 Å². The number of carboxylic acids is 1. The summed E-state index contributed by atoms with van der Waals surface area (Å²) in [5, 5.41) is 13.1. The molecule has 0 amide bonds. The number of nitrogens with zero attached hydrogens (tertiary/aromatic N) is 1. The van der Waals surface area contributed by atoms with Gasteiger partial charge in [0.15, 0.2) is 0 Å². The van der Waals surface area contributed by atoms with E-state index in [1.807, 2.05) is 25.1 Å². The normalized spacial score (nSPS) is 14.2. The molecule has 1 heterocycles. The zero-order valence-electron chi connectivity index (χ0n) is 10.1. The third-order valence-corrected chi connectivity index (χ3v) is 3.47. The highest BCUT2D eigenvalue weighted by atomic mass is 32.2. The summed E-state index contributed by atoms with van der Waals surface area (Å²) in [5.74, 6) is -0.0757. The summed E-state index contributed by atoms with van der Waals surface area (Å²) in [6.07, 6.45) is 2.31. The fraction of sp³-hybridized carbons (Fsp3) is 0.500. The van der Waals surface area contributed by atoms with E-state index < -0.39 is 11.5 Å². The van der Waals surface area contributed by atoms with E-state index in [0.29, 0.717) is 13.0 Å². The minimum absolute atomic E-state index is 0.567. The summed E-state index contributed by atoms with van der Waals surface area (Å²) in [7, 11) is 0. The van der Waals surface area contributed by atoms with Crippen molar-refractivity contribution in [1.29, 1.82) is 0 Å². The molecule has 1 atom stereocenters. The lowest BCUT2D eigenvalue weighted by Gasteiger charge is -2.25. The first-order chi connectivity index (χ1) is 8.08. The summed E-state index contributed by atoms with van der Waals surface area (Å²) < 4.78 is 0. The van der Waals surface area contributed by atoms with E-state index in [2.05, 4.69) is 10.3 Å². The molecule has 0 radical (unpaired) electrons. The molecule has 0 bridgehead atoms. The predicted octanol–water partition coefficient (Wildman–Crippen LogP) is 2.02. The smallest absolute Gasteiger partial charge is 0.323 e. The summed E-state index contributed by atoms with van der Waals surface area (Å²) in [4.78, 5) is 15.4. The molecule has 94 valence electrons. The third-order valence-electron chi connectivity index (χ3n) is 2.53. The molecule has 17 heavy (non-hydrogen) atoms. The van der Waals surface area contributed by atoms with E-state index in [1.54, 1.807) is 24.9 Å². The lowest BCUT2D eigenvalue weighted by molar-refractivity contribution is -0.144. The van der Waals surface area contributed by atoms with Crippen LogP contribution in [0.4, 0.5) is 0 Å². The Kier molecular flexibility index (Phi) is 5.44. The van der Waals surface area contributed by atoms with Crippen LogP contribution in [0.5, 0.6) is 0 Å². The van der Waals surface area contributed by atoms with Crippen molar-refractivity contribution in [2.45, 2.75) is 30.8 Å². The van der Waals surface area contributed by atoms with Crippen molar-refractivity contribution in [3.05, 3.63) is 24.4 Å². The quantitative estimate of drug-likeness (QED) is 0.729. The zero-order chi connectivity index (χ0) is 12.7. The molecule has 0 aromatic carbocycles. The fourth-order valence-corrected chi connectivity index (χ4v) is 2.48. The maximum Gasteiger partial charge on any atom is 0.323 e. The maximum atomic E-state index is 11.2. The number of carboxylic acid groups (broad SMARTS) is 1. The van der Waals surface area contributed by atoms with E-state index in [-0.39, 0.29) is 0 Å². The summed E-state index contributed by atoms with van der Waals surface area (Å²) in [5.41, 5.74) is -0.851. The number of nitrogens with one attached hydrogen (secondary N) is 1. The van der Waals surface area contributed by atoms with Gasteiger partial charge in [-0.1, -0.05) is 13.0 Å². The van der Waals surface area contributed by atoms with Crippen molar-refractivity contribution < 1.29 is 9.90 Å². The number of thioether (sulfide) groups is 1. The number of carbonyl (C=O) groups is 1. The van der Waals surface area contributed by atoms with Gasteiger partial charge < -0.3 is 10.4 Å². The van der Waals surface area contributed by atoms with Gasteiger partial charge in [0.25, 0.3) is 0 Å². The lowest BCUT2D eigenvalue weighted by atomic mass is 9.99. The summed E-state index contributed by atoms with van der Waals surface area (Å²) >= 11 is 1.58. The highest BCUT2D eigenvalue weighted by Crippen LogP contribution is 2.20. The molecule has 0 aliphatic rings. The van der Waals surface area contributed by atoms with E-state index in [1.165, 1.54) is 0 Å². The van der Waals surface area contributed by atoms with Gasteiger partial charge >= 0.3 is 5.97 Å². The Morgan fingerprint density at radius 3 is 2.88 bits per heavy atom. The highest BCUT2D eigenvalue weighted by Gasteiger charge is 2.31. The zero-order valence-corrected chi connectivity index (χ0v) is 11.0. The standard InChI is InChI=1S/C12H18N2O2S/c1-3-14-12(2,11(15)16)7-9-17-10-6-4-5-8-13-10/h4-6,8,14H,3,7,9H2,1-2H3,(H,15,16). The third kappa shape index (κ3) is 4.36. The Labute approximate surface area is 106 Å². The number of rotatable bonds is 7. The van der Waals surface area contributed by atoms with Crippen molar-refractivity contribution in [3.63, 3.8) is 0 Å². The molecule has 0 saturated carbocycles. The molecule has 1 aromatic rings. The Hall–Kier alpha value is -1.07. The molecule has 1 unspecified atom stereocenters. The van der Waals surface area contributed by atoms with Gasteiger partial charge in [-0.15, -0.1) is 11.8 Å². The van der Waals surface area contributed by atoms with Crippen LogP contribution in [-0.2, 0) is 4.79 Å². The maximum absolute atomic E-state index is 11.2. The second-order valence-corrected chi connectivity index (χ2v) is 5.05. The Balaban J connectivity index is 2.45. The van der Waals surface area contributed by atoms with Crippen LogP contribution in [0.2, 0.25) is 0 Å². The van der Waals surface area contributed by atoms with Gasteiger partial charge in [-0.3, -0.25) is 4.79 Å². The Morgan fingerprint density at radius 1 is 1.59 bits per heavy atom. The van der Waals surface area contributed by atoms with Crippen LogP contribution < -0.4 is 5.32 Å². The average molecular weight is 254 g/mol. The van der Waals surface area contributed by atoms with E-state index >= 15 is 0 Å². The van der Waals surface area contributed by atoms with Gasteiger partial charge in [-0.05, 0) is 32.0 Å². The molecule has 0 aliphatic carbocycles. The molecule has 2 N–H and O–H groups in total. The van der Waals surface area contributed by atoms with Crippen molar-refractivity contribution in [3.8, 4) is 0 Å². The van der Waals surface area contributed by atoms with Crippen molar-refractivity contribution in [2.24, 2.45) is 0 Å². The number of hydrogen-bond acceptors (Lipinski definition) is 4. The van der Waals surface area contributed by atoms with Crippen LogP contribution in [0.15, 0.2) is 29.4 Å². The van der Waals surface area contributed by atoms with E-state index in [0.717, 1.165) is 10.8 Å². The largest absolute Gasteiger partial charge is 0.480 e. The van der Waals surface area contributed by atoms with Crippen LogP contribution in [0.25, 0.3) is 0 Å². The Bertz CT molecular complexity index is 359. The predicted molar refractivity (Wildman–Crippen MR) is 69.3 cm³/mol. The van der Waals surface area contributed by atoms with Gasteiger partial charge in [0, 0.05) is 11.9 Å². The average Bonchev–Trinajstić information content (AvgIpc) is 2.30. The Morgan fingerprint density at radius 2 is 2.35 bits per heavy atom. The molecule has 4 nitrogen and oxygen atoms in total. The van der Waals surface area contributed by atoms with Gasteiger partial charge in [0.05, 0.1) is 5.03 Å². The number of aromatic nitrogens is 1. The molecular formula is C12H18N2O2S. The topological polar surface area (TPSA) is 62.2 Å². The number of likely N-dealkylation sites (N-methyl/N-ethyl adjacent to an activating group) is 1. The summed E-state index contributed by atoms with van der Waals surface area (Å²) in [6, 6.07) is 5.72. The molecule has 1 rings (SSSR count). The van der Waals surface area contributed by atoms with Gasteiger partial charge in [-0.25, -0.2) is 4.98 Å². The molecule has 0 aliphatic heterocycles. The highest BCUT2D eigenvalue weighted by molar-refractivity contribution is 7.99. The van der Waals surface area contributed by atoms with Gasteiger partial charge in [0.2, 0.25) is 0 Å². The molecule has 0 spiro atoms. The second-order valence-electron chi connectivity index (χ2n) is 3.93. The fourth-order valence-electron chi connectivity index (χ4n) is 1.45. The van der Waals surface area contributed by atoms with Crippen LogP contribution >= 0.6 is 11.8 Å². The monoisotopic (exact) mass is 254 g/mol. The van der Waals surface area contributed by atoms with Crippen molar-refractivity contribution in [2.75, 3.05) is 12.3 Å². The second kappa shape index (κ2) is 6.61. The lowest BCUT2D eigenvalue weighted by Crippen LogP contribution is -2.49. The minimum atomic E-state index is -0.851. The first kappa shape index (κ1) is 14.0. The SMILES string of the molecule is CCNC(C)(CCSc1ccccn1)C(=O)O. The number of hydrogen-bond donors (Lipinski definition) is 2. The molecule has 0 saturated heterocycles. The first-order valence-electron chi connectivity index (χ1n) is 5.61. The van der Waals surface area contributed by atoms with Crippen LogP contribution in [-0.4, -0.2) is 33.9 Å². The van der Waals surface area contributed by atoms with Crippen LogP contribution in [0, 0.1) is 0 Å². The number of pyridine rings is 1. The summed E-state index contributed by atoms with van der Waals surface area (Å²) in [6.45, 7) is 4.28. The van der Waals surface area contributed by atoms with Crippen molar-refractivity contribution >= 4 is 17.7 Å². The van der Waals surface area contributed by atoms with Crippen LogP contribution in [0.1, 0.15) is 20.3 Å². The van der Waals surface area contributed by atoms with Gasteiger partial charge in [-0.2, -0.15) is 0 Å². The van der Waals surface area contributed by atoms with E-state index in [4.69, 9.17) is 0 Å². The molecule has 1 aromatic heterocycles. The molecule has 0 fully saturated rings. The molecule has 5 heteroatoms. The number of aliphatic carboxylic acids is 1. The molecular weight excluding hydrogens is 236 g/mol. The van der Waals surface area contributed by atoms with Crippen molar-refractivity contribution in [1.82, 2.24) is 10.3 Å². The van der Waals surface area contributed by atoms with Gasteiger partial charge in [0.1, 0.15) is 5.54 Å². The van der Waals surface area contributed by atoms with E-state index in [9.17, 15) is 9.90 Å². The first-order valence-corrected chi connectivity index (χ1v) is 6.59.